The minimum Gasteiger partial charge on any atom is -0.390 e. The van der Waals surface area contributed by atoms with Crippen LogP contribution in [-0.4, -0.2) is 23.4 Å². The molecule has 0 spiro atoms. The van der Waals surface area contributed by atoms with E-state index >= 15 is 0 Å². The number of benzene rings is 1. The van der Waals surface area contributed by atoms with Gasteiger partial charge in [-0.25, -0.2) is 0 Å². The second kappa shape index (κ2) is 5.26. The van der Waals surface area contributed by atoms with Crippen molar-refractivity contribution in [3.63, 3.8) is 0 Å². The van der Waals surface area contributed by atoms with Crippen LogP contribution in [0.15, 0.2) is 30.3 Å². The minimum absolute atomic E-state index is 0.247. The Hall–Kier alpha value is -0.860. The Labute approximate surface area is 115 Å². The summed E-state index contributed by atoms with van der Waals surface area (Å²) in [5, 5.41) is 10.8. The second-order valence-corrected chi connectivity index (χ2v) is 6.07. The molecule has 1 aromatic rings. The minimum atomic E-state index is -0.292. The van der Waals surface area contributed by atoms with Crippen LogP contribution in [0.5, 0.6) is 0 Å². The maximum atomic E-state index is 10.8. The molecule has 0 aliphatic heterocycles. The molecular weight excluding hydrogens is 236 g/mol. The number of hydrogen-bond donors (Lipinski definition) is 1. The van der Waals surface area contributed by atoms with Crippen molar-refractivity contribution in [2.75, 3.05) is 6.61 Å². The SMILES string of the molecule is CCOC1(C(O)C2CC2c2ccccc2)CCCC1. The van der Waals surface area contributed by atoms with Gasteiger partial charge >= 0.3 is 0 Å². The van der Waals surface area contributed by atoms with E-state index in [0.717, 1.165) is 19.3 Å². The second-order valence-electron chi connectivity index (χ2n) is 6.07. The third kappa shape index (κ3) is 2.44. The van der Waals surface area contributed by atoms with Gasteiger partial charge in [0.1, 0.15) is 0 Å². The topological polar surface area (TPSA) is 29.5 Å². The first-order valence-corrected chi connectivity index (χ1v) is 7.64. The first-order valence-electron chi connectivity index (χ1n) is 7.64. The van der Waals surface area contributed by atoms with Crippen molar-refractivity contribution in [1.29, 1.82) is 0 Å². The average Bonchev–Trinajstić information content (AvgIpc) is 3.11. The van der Waals surface area contributed by atoms with E-state index in [1.165, 1.54) is 18.4 Å². The molecule has 0 saturated heterocycles. The van der Waals surface area contributed by atoms with Crippen molar-refractivity contribution in [2.24, 2.45) is 5.92 Å². The Morgan fingerprint density at radius 2 is 1.95 bits per heavy atom. The summed E-state index contributed by atoms with van der Waals surface area (Å²) in [5.41, 5.74) is 1.12. The molecule has 0 bridgehead atoms. The van der Waals surface area contributed by atoms with E-state index in [9.17, 15) is 5.11 Å². The summed E-state index contributed by atoms with van der Waals surface area (Å²) in [6.07, 6.45) is 5.26. The van der Waals surface area contributed by atoms with Crippen LogP contribution in [0.25, 0.3) is 0 Å². The van der Waals surface area contributed by atoms with Crippen molar-refractivity contribution in [3.05, 3.63) is 35.9 Å². The van der Waals surface area contributed by atoms with E-state index in [1.54, 1.807) is 0 Å². The highest BCUT2D eigenvalue weighted by atomic mass is 16.5. The summed E-state index contributed by atoms with van der Waals surface area (Å²) < 4.78 is 5.99. The number of hydrogen-bond acceptors (Lipinski definition) is 2. The highest BCUT2D eigenvalue weighted by molar-refractivity contribution is 5.27. The van der Waals surface area contributed by atoms with Crippen LogP contribution in [0.4, 0.5) is 0 Å². The zero-order valence-electron chi connectivity index (χ0n) is 11.7. The first-order chi connectivity index (χ1) is 9.27. The number of rotatable bonds is 5. The fourth-order valence-electron chi connectivity index (χ4n) is 3.82. The van der Waals surface area contributed by atoms with Crippen molar-refractivity contribution >= 4 is 0 Å². The van der Waals surface area contributed by atoms with Gasteiger partial charge in [-0.1, -0.05) is 43.2 Å². The molecule has 1 aromatic carbocycles. The molecular formula is C17H24O2. The van der Waals surface area contributed by atoms with Gasteiger partial charge in [-0.05, 0) is 43.6 Å². The molecule has 2 heteroatoms. The van der Waals surface area contributed by atoms with Crippen LogP contribution in [0.3, 0.4) is 0 Å². The van der Waals surface area contributed by atoms with E-state index < -0.39 is 0 Å². The standard InChI is InChI=1S/C17H24O2/c1-2-19-17(10-6-7-11-17)16(18)15-12-14(15)13-8-4-3-5-9-13/h3-5,8-9,14-16,18H,2,6-7,10-12H2,1H3. The van der Waals surface area contributed by atoms with Crippen LogP contribution < -0.4 is 0 Å². The molecule has 104 valence electrons. The third-order valence-corrected chi connectivity index (χ3v) is 4.89. The summed E-state index contributed by atoms with van der Waals surface area (Å²) in [4.78, 5) is 0. The smallest absolute Gasteiger partial charge is 0.0942 e. The Bertz CT molecular complexity index is 409. The molecule has 0 radical (unpaired) electrons. The van der Waals surface area contributed by atoms with Crippen LogP contribution >= 0.6 is 0 Å². The number of aliphatic hydroxyl groups is 1. The maximum absolute atomic E-state index is 10.8. The quantitative estimate of drug-likeness (QED) is 0.878. The van der Waals surface area contributed by atoms with Crippen molar-refractivity contribution in [2.45, 2.75) is 56.7 Å². The van der Waals surface area contributed by atoms with Gasteiger partial charge in [0.2, 0.25) is 0 Å². The monoisotopic (exact) mass is 260 g/mol. The lowest BCUT2D eigenvalue weighted by molar-refractivity contribution is -0.124. The Morgan fingerprint density at radius 1 is 1.26 bits per heavy atom. The van der Waals surface area contributed by atoms with Crippen molar-refractivity contribution < 1.29 is 9.84 Å². The summed E-state index contributed by atoms with van der Waals surface area (Å²) in [7, 11) is 0. The molecule has 3 rings (SSSR count). The van der Waals surface area contributed by atoms with E-state index in [0.29, 0.717) is 18.4 Å². The number of ether oxygens (including phenoxy) is 1. The summed E-state index contributed by atoms with van der Waals surface area (Å²) in [6.45, 7) is 2.74. The maximum Gasteiger partial charge on any atom is 0.0942 e. The molecule has 2 aliphatic carbocycles. The van der Waals surface area contributed by atoms with Crippen molar-refractivity contribution in [3.8, 4) is 0 Å². The molecule has 1 N–H and O–H groups in total. The number of aliphatic hydroxyl groups excluding tert-OH is 1. The lowest BCUT2D eigenvalue weighted by Gasteiger charge is -2.34. The van der Waals surface area contributed by atoms with Crippen LogP contribution in [0.2, 0.25) is 0 Å². The normalized spacial score (nSPS) is 30.2. The fourth-order valence-corrected chi connectivity index (χ4v) is 3.82. The molecule has 0 amide bonds. The Kier molecular flexibility index (Phi) is 3.64. The molecule has 2 fully saturated rings. The summed E-state index contributed by atoms with van der Waals surface area (Å²) in [5.74, 6) is 0.932. The zero-order chi connectivity index (χ0) is 13.3. The van der Waals surface area contributed by atoms with E-state index in [1.807, 2.05) is 6.92 Å². The molecule has 3 unspecified atom stereocenters. The van der Waals surface area contributed by atoms with E-state index in [2.05, 4.69) is 30.3 Å². The zero-order valence-corrected chi connectivity index (χ0v) is 11.7. The highest BCUT2D eigenvalue weighted by Gasteiger charge is 2.53. The molecule has 2 nitrogen and oxygen atoms in total. The molecule has 3 atom stereocenters. The van der Waals surface area contributed by atoms with Gasteiger partial charge < -0.3 is 9.84 Å². The largest absolute Gasteiger partial charge is 0.390 e. The third-order valence-electron chi connectivity index (χ3n) is 4.89. The molecule has 19 heavy (non-hydrogen) atoms. The van der Waals surface area contributed by atoms with Gasteiger partial charge in [0, 0.05) is 6.61 Å². The lowest BCUT2D eigenvalue weighted by atomic mass is 9.89. The van der Waals surface area contributed by atoms with Crippen LogP contribution in [0, 0.1) is 5.92 Å². The molecule has 2 aliphatic rings. The van der Waals surface area contributed by atoms with Gasteiger partial charge in [-0.2, -0.15) is 0 Å². The van der Waals surface area contributed by atoms with Gasteiger partial charge in [0.25, 0.3) is 0 Å². The summed E-state index contributed by atoms with van der Waals surface area (Å²) in [6, 6.07) is 10.6. The van der Waals surface area contributed by atoms with Crippen LogP contribution in [-0.2, 0) is 4.74 Å². The Balaban J connectivity index is 1.70. The molecule has 0 heterocycles. The summed E-state index contributed by atoms with van der Waals surface area (Å²) >= 11 is 0. The lowest BCUT2D eigenvalue weighted by Crippen LogP contribution is -2.44. The van der Waals surface area contributed by atoms with Crippen LogP contribution in [0.1, 0.15) is 50.5 Å². The van der Waals surface area contributed by atoms with Gasteiger partial charge in [0.15, 0.2) is 0 Å². The predicted octanol–water partition coefficient (Wildman–Crippen LogP) is 3.50. The van der Waals surface area contributed by atoms with Gasteiger partial charge in [-0.3, -0.25) is 0 Å². The average molecular weight is 260 g/mol. The Morgan fingerprint density at radius 3 is 2.58 bits per heavy atom. The van der Waals surface area contributed by atoms with Gasteiger partial charge in [0.05, 0.1) is 11.7 Å². The van der Waals surface area contributed by atoms with E-state index in [4.69, 9.17) is 4.74 Å². The van der Waals surface area contributed by atoms with E-state index in [-0.39, 0.29) is 11.7 Å². The first kappa shape index (κ1) is 13.1. The van der Waals surface area contributed by atoms with Gasteiger partial charge in [-0.15, -0.1) is 0 Å². The molecule has 0 aromatic heterocycles. The predicted molar refractivity (Wildman–Crippen MR) is 76.1 cm³/mol. The van der Waals surface area contributed by atoms with Crippen molar-refractivity contribution in [1.82, 2.24) is 0 Å². The highest BCUT2D eigenvalue weighted by Crippen LogP contribution is 2.54. The fraction of sp³-hybridized carbons (Fsp3) is 0.647. The molecule has 2 saturated carbocycles.